The number of carbonyl (C=O) groups is 5. The lowest BCUT2D eigenvalue weighted by Gasteiger charge is -2.45. The number of likely N-dealkylation sites (N-methyl/N-ethyl adjacent to an activating group) is 1. The first-order chi connectivity index (χ1) is 32.4. The van der Waals surface area contributed by atoms with Gasteiger partial charge in [0.2, 0.25) is 23.7 Å². The van der Waals surface area contributed by atoms with E-state index in [-0.39, 0.29) is 61.6 Å². The van der Waals surface area contributed by atoms with Gasteiger partial charge in [0.25, 0.3) is 11.8 Å². The Kier molecular flexibility index (Phi) is 15.0. The molecule has 2 aromatic carbocycles. The number of hydrogen-bond donors (Lipinski definition) is 6. The third-order valence-electron chi connectivity index (χ3n) is 12.8. The number of fused-ring (bicyclic) bond motifs is 2. The molecule has 4 aromatic rings. The minimum Gasteiger partial charge on any atom is -0.495 e. The van der Waals surface area contributed by atoms with Crippen LogP contribution in [0.4, 0.5) is 28.8 Å². The predicted molar refractivity (Wildman–Crippen MR) is 254 cm³/mol. The molecule has 6 heterocycles. The van der Waals surface area contributed by atoms with E-state index in [1.807, 2.05) is 11.9 Å². The second-order valence-electron chi connectivity index (χ2n) is 17.2. The number of likely N-dealkylation sites (tertiary alicyclic amines) is 1. The maximum Gasteiger partial charge on any atom is 0.255 e. The molecule has 0 aliphatic carbocycles. The van der Waals surface area contributed by atoms with Crippen molar-refractivity contribution in [2.45, 2.75) is 83.4 Å². The lowest BCUT2D eigenvalue weighted by Crippen LogP contribution is -2.55. The van der Waals surface area contributed by atoms with Gasteiger partial charge in [-0.05, 0) is 75.1 Å². The number of aromatic nitrogens is 2. The van der Waals surface area contributed by atoms with Gasteiger partial charge < -0.3 is 55.4 Å². The summed E-state index contributed by atoms with van der Waals surface area (Å²) in [6, 6.07) is 13.7. The van der Waals surface area contributed by atoms with E-state index >= 15 is 0 Å². The summed E-state index contributed by atoms with van der Waals surface area (Å²) in [5.74, 6) is -0.00344. The number of nitrogens with one attached hydrogen (secondary N) is 5. The molecule has 2 unspecified atom stereocenters. The molecular weight excluding hydrogens is 879 g/mol. The van der Waals surface area contributed by atoms with Crippen molar-refractivity contribution in [2.75, 3.05) is 80.5 Å². The zero-order valence-electron chi connectivity index (χ0n) is 38.3. The highest BCUT2D eigenvalue weighted by Gasteiger charge is 2.40. The third kappa shape index (κ3) is 10.8. The van der Waals surface area contributed by atoms with Crippen LogP contribution >= 0.6 is 11.3 Å². The fourth-order valence-corrected chi connectivity index (χ4v) is 10.0. The fraction of sp³-hybridized carbons (Fsp3) is 0.468. The summed E-state index contributed by atoms with van der Waals surface area (Å²) < 4.78 is 11.6. The van der Waals surface area contributed by atoms with Crippen LogP contribution < -0.4 is 41.1 Å². The molecule has 67 heavy (non-hydrogen) atoms. The number of aliphatic hydroxyl groups is 1. The van der Waals surface area contributed by atoms with Crippen LogP contribution in [0, 0.1) is 6.92 Å². The van der Waals surface area contributed by atoms with Crippen molar-refractivity contribution >= 4 is 69.7 Å². The number of aryl methyl sites for hydroxylation is 1. The van der Waals surface area contributed by atoms with Crippen LogP contribution in [0.25, 0.3) is 0 Å². The maximum atomic E-state index is 13.4. The van der Waals surface area contributed by atoms with Crippen LogP contribution in [0.5, 0.6) is 5.75 Å². The Bertz CT molecular complexity index is 2480. The molecular formula is C47H59N11O8S. The lowest BCUT2D eigenvalue weighted by atomic mass is 10.0. The van der Waals surface area contributed by atoms with Gasteiger partial charge >= 0.3 is 0 Å². The van der Waals surface area contributed by atoms with Crippen molar-refractivity contribution in [2.24, 2.45) is 0 Å². The summed E-state index contributed by atoms with van der Waals surface area (Å²) >= 11 is 1.73. The average molecular weight is 938 g/mol. The van der Waals surface area contributed by atoms with Gasteiger partial charge in [0.15, 0.2) is 5.82 Å². The summed E-state index contributed by atoms with van der Waals surface area (Å²) in [7, 11) is 3.41. The molecule has 0 saturated carbocycles. The van der Waals surface area contributed by atoms with Gasteiger partial charge in [0, 0.05) is 84.4 Å². The quantitative estimate of drug-likeness (QED) is 0.0622. The predicted octanol–water partition coefficient (Wildman–Crippen LogP) is 3.35. The molecule has 4 aliphatic rings. The number of anilines is 5. The number of carbonyl (C=O) groups excluding carboxylic acids is 5. The molecule has 2 fully saturated rings. The molecule has 0 bridgehead atoms. The maximum absolute atomic E-state index is 13.4. The van der Waals surface area contributed by atoms with Gasteiger partial charge in [-0.1, -0.05) is 13.0 Å². The first-order valence-corrected chi connectivity index (χ1v) is 23.6. The minimum atomic E-state index is -0.729. The molecule has 6 N–H and O–H groups in total. The Labute approximate surface area is 393 Å². The Balaban J connectivity index is 0.741. The SMILES string of the molecule is CC[C@@H]1C(O)N(C)c2cnc(Nc3ccc(C(=O)NC4CCN(CCOCCNCC(=O)Nc5cccc6c5CN(C5CCC(=O)NC5=O)C6=O)CC4)cc3OC)nc2N1Cc1ccc(C)s1. The van der Waals surface area contributed by atoms with Gasteiger partial charge in [0.1, 0.15) is 23.7 Å². The number of amides is 5. The van der Waals surface area contributed by atoms with Gasteiger partial charge in [-0.15, -0.1) is 11.3 Å². The van der Waals surface area contributed by atoms with Gasteiger partial charge in [-0.25, -0.2) is 4.98 Å². The van der Waals surface area contributed by atoms with E-state index in [9.17, 15) is 29.1 Å². The molecule has 8 rings (SSSR count). The van der Waals surface area contributed by atoms with Crippen molar-refractivity contribution in [1.29, 1.82) is 0 Å². The summed E-state index contributed by atoms with van der Waals surface area (Å²) in [5, 5.41) is 25.9. The Morgan fingerprint density at radius 2 is 1.85 bits per heavy atom. The molecule has 20 heteroatoms. The molecule has 5 amide bonds. The highest BCUT2D eigenvalue weighted by Crippen LogP contribution is 2.39. The smallest absolute Gasteiger partial charge is 0.255 e. The Morgan fingerprint density at radius 1 is 1.03 bits per heavy atom. The minimum absolute atomic E-state index is 0.0269. The van der Waals surface area contributed by atoms with E-state index < -0.39 is 18.2 Å². The molecule has 2 aromatic heterocycles. The van der Waals surface area contributed by atoms with E-state index in [1.54, 1.807) is 61.0 Å². The topological polar surface area (TPSA) is 223 Å². The van der Waals surface area contributed by atoms with Gasteiger partial charge in [0.05, 0.1) is 51.3 Å². The number of imide groups is 1. The van der Waals surface area contributed by atoms with Crippen LogP contribution in [-0.4, -0.2) is 139 Å². The number of thiophene rings is 1. The largest absolute Gasteiger partial charge is 0.495 e. The number of benzene rings is 2. The zero-order valence-corrected chi connectivity index (χ0v) is 39.1. The van der Waals surface area contributed by atoms with Crippen LogP contribution in [0.1, 0.15) is 75.1 Å². The first kappa shape index (κ1) is 47.3. The number of hydrogen-bond acceptors (Lipinski definition) is 16. The summed E-state index contributed by atoms with van der Waals surface area (Å²) in [5.41, 5.74) is 3.42. The molecule has 19 nitrogen and oxygen atoms in total. The normalized spacial score (nSPS) is 19.8. The van der Waals surface area contributed by atoms with E-state index in [0.29, 0.717) is 66.1 Å². The number of piperidine rings is 2. The van der Waals surface area contributed by atoms with Crippen molar-refractivity contribution < 1.29 is 38.6 Å². The van der Waals surface area contributed by atoms with Crippen LogP contribution in [0.2, 0.25) is 0 Å². The molecule has 0 spiro atoms. The second-order valence-corrected chi connectivity index (χ2v) is 18.6. The highest BCUT2D eigenvalue weighted by atomic mass is 32.1. The molecule has 4 aliphatic heterocycles. The Morgan fingerprint density at radius 3 is 2.60 bits per heavy atom. The zero-order chi connectivity index (χ0) is 47.2. The Hall–Kier alpha value is -6.19. The summed E-state index contributed by atoms with van der Waals surface area (Å²) in [6.45, 7) is 8.78. The fourth-order valence-electron chi connectivity index (χ4n) is 9.13. The molecule has 2 saturated heterocycles. The number of aliphatic hydroxyl groups excluding tert-OH is 1. The van der Waals surface area contributed by atoms with E-state index in [0.717, 1.165) is 50.4 Å². The number of methoxy groups -OCH3 is 1. The van der Waals surface area contributed by atoms with Crippen molar-refractivity contribution in [3.63, 3.8) is 0 Å². The standard InChI is InChI=1S/C47H59N11O8S/c1-5-36-46(64)55(3)38-24-49-47(54-42(38)57(36)26-31-11-9-28(2)67-31)52-35-12-10-29(23-39(35)65-4)43(61)50-30-15-18-56(19-16-30)20-22-66-21-17-48-25-41(60)51-34-8-6-7-32-33(34)27-58(45(32)63)37-13-14-40(59)53-44(37)62/h6-12,23-24,30,36-37,46,48,64H,5,13-22,25-27H2,1-4H3,(H,50,61)(H,51,60)(H,49,52,54)(H,53,59,62)/t36-,37?,46?/m1/s1. The van der Waals surface area contributed by atoms with Crippen molar-refractivity contribution in [1.82, 2.24) is 35.7 Å². The number of ether oxygens (including phenoxy) is 2. The monoisotopic (exact) mass is 937 g/mol. The van der Waals surface area contributed by atoms with E-state index in [1.165, 1.54) is 14.7 Å². The van der Waals surface area contributed by atoms with Crippen LogP contribution in [0.3, 0.4) is 0 Å². The molecule has 0 radical (unpaired) electrons. The number of rotatable bonds is 18. The molecule has 3 atom stereocenters. The van der Waals surface area contributed by atoms with Crippen LogP contribution in [-0.2, 0) is 32.2 Å². The van der Waals surface area contributed by atoms with Gasteiger partial charge in [-0.2, -0.15) is 4.98 Å². The van der Waals surface area contributed by atoms with Crippen molar-refractivity contribution in [3.05, 3.63) is 81.2 Å². The second kappa shape index (κ2) is 21.2. The van der Waals surface area contributed by atoms with Crippen LogP contribution in [0.15, 0.2) is 54.7 Å². The highest BCUT2D eigenvalue weighted by molar-refractivity contribution is 7.11. The van der Waals surface area contributed by atoms with E-state index in [4.69, 9.17) is 14.5 Å². The molecule has 356 valence electrons. The first-order valence-electron chi connectivity index (χ1n) is 22.8. The van der Waals surface area contributed by atoms with Gasteiger partial charge in [-0.3, -0.25) is 29.3 Å². The average Bonchev–Trinajstić information content (AvgIpc) is 3.90. The number of nitrogens with zero attached hydrogens (tertiary/aromatic N) is 6. The van der Waals surface area contributed by atoms with Crippen molar-refractivity contribution in [3.8, 4) is 5.75 Å². The third-order valence-corrected chi connectivity index (χ3v) is 13.8. The summed E-state index contributed by atoms with van der Waals surface area (Å²) in [6.07, 6.45) is 3.77. The van der Waals surface area contributed by atoms with E-state index in [2.05, 4.69) is 67.3 Å². The lowest BCUT2D eigenvalue weighted by molar-refractivity contribution is -0.137. The summed E-state index contributed by atoms with van der Waals surface area (Å²) in [4.78, 5) is 83.0.